The van der Waals surface area contributed by atoms with Gasteiger partial charge in [0.05, 0.1) is 0 Å². The first-order chi connectivity index (χ1) is 10.0. The quantitative estimate of drug-likeness (QED) is 0.734. The zero-order valence-electron chi connectivity index (χ0n) is 13.5. The average molecular weight is 291 g/mol. The van der Waals surface area contributed by atoms with Crippen molar-refractivity contribution in [1.29, 1.82) is 0 Å². The molecule has 1 aromatic carbocycles. The van der Waals surface area contributed by atoms with Crippen molar-refractivity contribution in [2.75, 3.05) is 25.0 Å². The van der Waals surface area contributed by atoms with Crippen molar-refractivity contribution < 1.29 is 4.79 Å². The maximum Gasteiger partial charge on any atom is 0.222 e. The number of nitrogens with two attached hydrogens (primary N) is 1. The largest absolute Gasteiger partial charge is 0.373 e. The minimum Gasteiger partial charge on any atom is -0.373 e. The van der Waals surface area contributed by atoms with E-state index < -0.39 is 0 Å². The van der Waals surface area contributed by atoms with Crippen LogP contribution in [0.4, 0.5) is 5.69 Å². The Morgan fingerprint density at radius 1 is 1.24 bits per heavy atom. The van der Waals surface area contributed by atoms with E-state index in [1.54, 1.807) is 0 Å². The van der Waals surface area contributed by atoms with Gasteiger partial charge in [-0.15, -0.1) is 0 Å². The van der Waals surface area contributed by atoms with Crippen molar-refractivity contribution in [3.63, 3.8) is 0 Å². The van der Waals surface area contributed by atoms with E-state index in [0.717, 1.165) is 31.5 Å². The number of nitrogens with one attached hydrogen (secondary N) is 1. The molecule has 0 aliphatic rings. The van der Waals surface area contributed by atoms with Gasteiger partial charge in [0, 0.05) is 37.8 Å². The van der Waals surface area contributed by atoms with Crippen LogP contribution in [-0.4, -0.2) is 32.1 Å². The van der Waals surface area contributed by atoms with Crippen LogP contribution in [0, 0.1) is 5.92 Å². The first-order valence-electron chi connectivity index (χ1n) is 7.80. The van der Waals surface area contributed by atoms with Gasteiger partial charge in [0.25, 0.3) is 0 Å². The molecule has 0 saturated heterocycles. The van der Waals surface area contributed by atoms with Crippen LogP contribution in [0.3, 0.4) is 0 Å². The van der Waals surface area contributed by atoms with Gasteiger partial charge in [0.15, 0.2) is 0 Å². The highest BCUT2D eigenvalue weighted by molar-refractivity contribution is 5.78. The molecule has 0 bridgehead atoms. The van der Waals surface area contributed by atoms with E-state index in [1.807, 2.05) is 39.1 Å². The number of rotatable bonds is 9. The molecule has 0 saturated carbocycles. The Kier molecular flexibility index (Phi) is 7.83. The minimum atomic E-state index is 0.0609. The summed E-state index contributed by atoms with van der Waals surface area (Å²) in [5.41, 5.74) is 6.88. The maximum absolute atomic E-state index is 12.0. The Morgan fingerprint density at radius 3 is 2.52 bits per heavy atom. The summed E-state index contributed by atoms with van der Waals surface area (Å²) in [4.78, 5) is 14.1. The molecule has 2 atom stereocenters. The van der Waals surface area contributed by atoms with Crippen LogP contribution in [0.25, 0.3) is 0 Å². The van der Waals surface area contributed by atoms with Crippen molar-refractivity contribution in [1.82, 2.24) is 5.32 Å². The summed E-state index contributed by atoms with van der Waals surface area (Å²) in [6.45, 7) is 5.46. The minimum absolute atomic E-state index is 0.0609. The molecular weight excluding hydrogens is 262 g/mol. The lowest BCUT2D eigenvalue weighted by Crippen LogP contribution is -2.35. The van der Waals surface area contributed by atoms with E-state index in [-0.39, 0.29) is 17.9 Å². The summed E-state index contributed by atoms with van der Waals surface area (Å²) >= 11 is 0. The summed E-state index contributed by atoms with van der Waals surface area (Å²) in [7, 11) is 2.04. The third-order valence-corrected chi connectivity index (χ3v) is 3.69. The molecule has 1 rings (SSSR count). The maximum atomic E-state index is 12.0. The molecule has 1 amide bonds. The van der Waals surface area contributed by atoms with Crippen LogP contribution in [-0.2, 0) is 4.79 Å². The predicted molar refractivity (Wildman–Crippen MR) is 89.4 cm³/mol. The summed E-state index contributed by atoms with van der Waals surface area (Å²) < 4.78 is 0. The molecule has 0 fully saturated rings. The fourth-order valence-electron chi connectivity index (χ4n) is 2.21. The predicted octanol–water partition coefficient (Wildman–Crippen LogP) is 2.39. The van der Waals surface area contributed by atoms with Crippen LogP contribution in [0.1, 0.15) is 33.1 Å². The number of hydrogen-bond donors (Lipinski definition) is 2. The number of hydrogen-bond acceptors (Lipinski definition) is 3. The second kappa shape index (κ2) is 9.40. The van der Waals surface area contributed by atoms with Crippen LogP contribution < -0.4 is 16.0 Å². The van der Waals surface area contributed by atoms with Crippen molar-refractivity contribution in [2.45, 2.75) is 39.2 Å². The molecule has 118 valence electrons. The molecule has 0 aromatic heterocycles. The highest BCUT2D eigenvalue weighted by Gasteiger charge is 2.12. The highest BCUT2D eigenvalue weighted by Crippen LogP contribution is 2.11. The Hall–Kier alpha value is -1.55. The summed E-state index contributed by atoms with van der Waals surface area (Å²) in [5, 5.41) is 3.01. The number of nitrogens with zero attached hydrogens (tertiary/aromatic N) is 1. The molecular formula is C17H29N3O. The first-order valence-corrected chi connectivity index (χ1v) is 7.80. The zero-order valence-corrected chi connectivity index (χ0v) is 13.5. The monoisotopic (exact) mass is 291 g/mol. The third kappa shape index (κ3) is 7.14. The highest BCUT2D eigenvalue weighted by atomic mass is 16.1. The lowest BCUT2D eigenvalue weighted by Gasteiger charge is -2.20. The van der Waals surface area contributed by atoms with E-state index in [1.165, 1.54) is 0 Å². The van der Waals surface area contributed by atoms with Gasteiger partial charge >= 0.3 is 0 Å². The molecule has 0 aliphatic carbocycles. The Morgan fingerprint density at radius 2 is 1.90 bits per heavy atom. The lowest BCUT2D eigenvalue weighted by atomic mass is 10.0. The molecule has 4 heteroatoms. The Bertz CT molecular complexity index is 406. The van der Waals surface area contributed by atoms with Gasteiger partial charge in [0.2, 0.25) is 5.91 Å². The van der Waals surface area contributed by atoms with Crippen LogP contribution in [0.5, 0.6) is 0 Å². The van der Waals surface area contributed by atoms with E-state index in [9.17, 15) is 4.79 Å². The number of carbonyl (C=O) groups excluding carboxylic acids is 1. The summed E-state index contributed by atoms with van der Waals surface area (Å²) in [5.74, 6) is 0.201. The zero-order chi connectivity index (χ0) is 15.7. The lowest BCUT2D eigenvalue weighted by molar-refractivity contribution is -0.124. The normalized spacial score (nSPS) is 13.5. The van der Waals surface area contributed by atoms with Crippen LogP contribution >= 0.6 is 0 Å². The van der Waals surface area contributed by atoms with Gasteiger partial charge in [-0.25, -0.2) is 0 Å². The number of carbonyl (C=O) groups is 1. The van der Waals surface area contributed by atoms with Crippen molar-refractivity contribution in [3.8, 4) is 0 Å². The van der Waals surface area contributed by atoms with Crippen molar-refractivity contribution >= 4 is 11.6 Å². The standard InChI is InChI=1S/C17H29N3O/c1-14(8-7-9-15(2)18)17(21)19-12-13-20(3)16-10-5-4-6-11-16/h4-6,10-11,14-15H,7-9,12-13,18H2,1-3H3,(H,19,21). The molecule has 0 heterocycles. The average Bonchev–Trinajstić information content (AvgIpc) is 2.47. The first kappa shape index (κ1) is 17.5. The topological polar surface area (TPSA) is 58.4 Å². The van der Waals surface area contributed by atoms with Gasteiger partial charge in [-0.2, -0.15) is 0 Å². The van der Waals surface area contributed by atoms with E-state index >= 15 is 0 Å². The number of amides is 1. The molecule has 0 radical (unpaired) electrons. The number of anilines is 1. The van der Waals surface area contributed by atoms with Gasteiger partial charge in [0.1, 0.15) is 0 Å². The molecule has 2 unspecified atom stereocenters. The van der Waals surface area contributed by atoms with E-state index in [2.05, 4.69) is 22.3 Å². The van der Waals surface area contributed by atoms with Gasteiger partial charge in [-0.3, -0.25) is 4.79 Å². The Balaban J connectivity index is 2.20. The molecule has 21 heavy (non-hydrogen) atoms. The summed E-state index contributed by atoms with van der Waals surface area (Å²) in [6, 6.07) is 10.4. The second-order valence-electron chi connectivity index (χ2n) is 5.86. The molecule has 3 N–H and O–H groups in total. The van der Waals surface area contributed by atoms with Crippen LogP contribution in [0.2, 0.25) is 0 Å². The van der Waals surface area contributed by atoms with E-state index in [4.69, 9.17) is 5.73 Å². The SMILES string of the molecule is CC(N)CCCC(C)C(=O)NCCN(C)c1ccccc1. The van der Waals surface area contributed by atoms with Crippen LogP contribution in [0.15, 0.2) is 30.3 Å². The number of benzene rings is 1. The second-order valence-corrected chi connectivity index (χ2v) is 5.86. The van der Waals surface area contributed by atoms with Gasteiger partial charge in [-0.05, 0) is 31.9 Å². The third-order valence-electron chi connectivity index (χ3n) is 3.69. The van der Waals surface area contributed by atoms with Crippen molar-refractivity contribution in [2.24, 2.45) is 11.7 Å². The van der Waals surface area contributed by atoms with Gasteiger partial charge < -0.3 is 16.0 Å². The number of likely N-dealkylation sites (N-methyl/N-ethyl adjacent to an activating group) is 1. The fourth-order valence-corrected chi connectivity index (χ4v) is 2.21. The van der Waals surface area contributed by atoms with E-state index in [0.29, 0.717) is 6.54 Å². The Labute approximate surface area is 128 Å². The van der Waals surface area contributed by atoms with Gasteiger partial charge in [-0.1, -0.05) is 31.5 Å². The molecule has 0 spiro atoms. The van der Waals surface area contributed by atoms with Crippen molar-refractivity contribution in [3.05, 3.63) is 30.3 Å². The molecule has 0 aliphatic heterocycles. The number of para-hydroxylation sites is 1. The smallest absolute Gasteiger partial charge is 0.222 e. The molecule has 1 aromatic rings. The summed E-state index contributed by atoms with van der Waals surface area (Å²) in [6.07, 6.45) is 2.90. The molecule has 4 nitrogen and oxygen atoms in total. The fraction of sp³-hybridized carbons (Fsp3) is 0.588.